The van der Waals surface area contributed by atoms with Gasteiger partial charge in [-0.2, -0.15) is 0 Å². The van der Waals surface area contributed by atoms with Crippen LogP contribution in [0.5, 0.6) is 5.75 Å². The number of aliphatic hydroxyl groups excluding tert-OH is 1. The molecule has 10 nitrogen and oxygen atoms in total. The molecule has 214 valence electrons. The van der Waals surface area contributed by atoms with Gasteiger partial charge in [-0.3, -0.25) is 14.5 Å². The molecule has 3 aromatic rings. The van der Waals surface area contributed by atoms with Gasteiger partial charge >= 0.3 is 17.8 Å². The molecule has 1 aliphatic heterocycles. The average molecular weight is 579 g/mol. The molecule has 1 fully saturated rings. The molecule has 2 aromatic carbocycles. The van der Waals surface area contributed by atoms with Crippen molar-refractivity contribution in [3.63, 3.8) is 0 Å². The Kier molecular flexibility index (Phi) is 9.18. The van der Waals surface area contributed by atoms with Gasteiger partial charge in [-0.05, 0) is 62.2 Å². The molecule has 0 spiro atoms. The lowest BCUT2D eigenvalue weighted by Gasteiger charge is -2.23. The lowest BCUT2D eigenvalue weighted by atomic mass is 9.94. The van der Waals surface area contributed by atoms with E-state index in [0.717, 1.165) is 29.1 Å². The molecule has 1 atom stereocenters. The molecule has 4 rings (SSSR count). The summed E-state index contributed by atoms with van der Waals surface area (Å²) >= 11 is 0.914. The number of carbonyl (C=O) groups is 4. The van der Waals surface area contributed by atoms with Crippen molar-refractivity contribution in [1.82, 2.24) is 4.98 Å². The van der Waals surface area contributed by atoms with Crippen LogP contribution in [0.2, 0.25) is 0 Å². The van der Waals surface area contributed by atoms with E-state index in [1.165, 1.54) is 19.2 Å². The molecule has 2 heterocycles. The lowest BCUT2D eigenvalue weighted by Crippen LogP contribution is -2.29. The first-order valence-corrected chi connectivity index (χ1v) is 13.9. The fourth-order valence-electron chi connectivity index (χ4n) is 4.33. The number of thiazole rings is 1. The summed E-state index contributed by atoms with van der Waals surface area (Å²) in [5.74, 6) is -2.76. The van der Waals surface area contributed by atoms with Gasteiger partial charge < -0.3 is 19.3 Å². The number of aryl methyl sites for hydroxylation is 1. The minimum Gasteiger partial charge on any atom is -0.507 e. The normalized spacial score (nSPS) is 16.1. The molecule has 0 unspecified atom stereocenters. The highest BCUT2D eigenvalue weighted by Crippen LogP contribution is 2.44. The number of aromatic nitrogens is 1. The van der Waals surface area contributed by atoms with E-state index in [0.29, 0.717) is 29.2 Å². The second-order valence-electron chi connectivity index (χ2n) is 9.14. The molecular formula is C30H30N2O8S. The topological polar surface area (TPSA) is 132 Å². The van der Waals surface area contributed by atoms with Gasteiger partial charge in [-0.15, -0.1) is 0 Å². The highest BCUT2D eigenvalue weighted by atomic mass is 32.1. The lowest BCUT2D eigenvalue weighted by molar-refractivity contribution is -0.132. The van der Waals surface area contributed by atoms with Crippen LogP contribution in [-0.4, -0.2) is 54.0 Å². The molecule has 1 N–H and O–H groups in total. The summed E-state index contributed by atoms with van der Waals surface area (Å²) in [7, 11) is 1.26. The summed E-state index contributed by atoms with van der Waals surface area (Å²) in [6, 6.07) is 11.6. The monoisotopic (exact) mass is 578 g/mol. The summed E-state index contributed by atoms with van der Waals surface area (Å²) < 4.78 is 15.6. The number of nitrogens with zero attached hydrogens (tertiary/aromatic N) is 2. The Morgan fingerprint density at radius 3 is 2.27 bits per heavy atom. The Morgan fingerprint density at radius 2 is 1.66 bits per heavy atom. The summed E-state index contributed by atoms with van der Waals surface area (Å²) in [5, 5.41) is 11.5. The van der Waals surface area contributed by atoms with Gasteiger partial charge in [0, 0.05) is 5.56 Å². The van der Waals surface area contributed by atoms with Crippen LogP contribution < -0.4 is 9.64 Å². The van der Waals surface area contributed by atoms with E-state index in [1.807, 2.05) is 0 Å². The zero-order valence-corrected chi connectivity index (χ0v) is 23.9. The van der Waals surface area contributed by atoms with E-state index in [9.17, 15) is 24.3 Å². The number of esters is 2. The minimum absolute atomic E-state index is 0.0911. The summed E-state index contributed by atoms with van der Waals surface area (Å²) in [6.07, 6.45) is 1.88. The van der Waals surface area contributed by atoms with Gasteiger partial charge in [0.2, 0.25) is 0 Å². The Hall–Kier alpha value is -4.51. The standard InChI is InChI=1S/C30H30N2O8S/c1-5-7-16-40-21-14-12-19(13-15-21)24(33)22-23(18-8-10-20(11-9-18)28(36)38-4)32(27(35)25(22)34)30-31-17(3)26(41-30)29(37)39-6-2/h8-15,23,33H,5-7,16H2,1-4H3/t23-/m1/s1. The van der Waals surface area contributed by atoms with Gasteiger partial charge in [-0.1, -0.05) is 36.8 Å². The van der Waals surface area contributed by atoms with Crippen molar-refractivity contribution in [2.45, 2.75) is 39.7 Å². The second-order valence-corrected chi connectivity index (χ2v) is 10.1. The Balaban J connectivity index is 1.82. The van der Waals surface area contributed by atoms with Gasteiger partial charge in [-0.25, -0.2) is 14.6 Å². The average Bonchev–Trinajstić information content (AvgIpc) is 3.49. The first kappa shape index (κ1) is 29.5. The SMILES string of the molecule is CCCCOc1ccc(C(O)=C2C(=O)C(=O)N(c3nc(C)c(C(=O)OCC)s3)[C@@H]2c2ccc(C(=O)OC)cc2)cc1. The van der Waals surface area contributed by atoms with Crippen molar-refractivity contribution in [3.05, 3.63) is 81.4 Å². The van der Waals surface area contributed by atoms with Crippen LogP contribution in [0.4, 0.5) is 5.13 Å². The molecule has 0 aliphatic carbocycles. The van der Waals surface area contributed by atoms with E-state index < -0.39 is 29.7 Å². The number of hydrogen-bond acceptors (Lipinski definition) is 10. The maximum atomic E-state index is 13.5. The number of amides is 1. The molecule has 0 saturated carbocycles. The van der Waals surface area contributed by atoms with Crippen molar-refractivity contribution < 1.29 is 38.5 Å². The summed E-state index contributed by atoms with van der Waals surface area (Å²) in [5.41, 5.74) is 1.18. The van der Waals surface area contributed by atoms with Crippen molar-refractivity contribution in [2.24, 2.45) is 0 Å². The number of rotatable bonds is 10. The highest BCUT2D eigenvalue weighted by Gasteiger charge is 2.48. The quantitative estimate of drug-likeness (QED) is 0.113. The van der Waals surface area contributed by atoms with E-state index in [-0.39, 0.29) is 33.5 Å². The number of aliphatic hydroxyl groups is 1. The minimum atomic E-state index is -1.09. The number of carbonyl (C=O) groups excluding carboxylic acids is 4. The van der Waals surface area contributed by atoms with Crippen LogP contribution in [0.25, 0.3) is 5.76 Å². The molecule has 11 heteroatoms. The van der Waals surface area contributed by atoms with Crippen molar-refractivity contribution >= 4 is 45.9 Å². The number of unbranched alkanes of at least 4 members (excludes halogenated alkanes) is 1. The molecule has 41 heavy (non-hydrogen) atoms. The van der Waals surface area contributed by atoms with Crippen molar-refractivity contribution in [3.8, 4) is 5.75 Å². The molecule has 1 aliphatic rings. The van der Waals surface area contributed by atoms with Crippen LogP contribution >= 0.6 is 11.3 Å². The van der Waals surface area contributed by atoms with Crippen LogP contribution in [0.1, 0.15) is 69.6 Å². The van der Waals surface area contributed by atoms with Crippen LogP contribution in [0.15, 0.2) is 54.1 Å². The van der Waals surface area contributed by atoms with Crippen LogP contribution in [0.3, 0.4) is 0 Å². The summed E-state index contributed by atoms with van der Waals surface area (Å²) in [6.45, 7) is 6.05. The third-order valence-corrected chi connectivity index (χ3v) is 7.58. The molecule has 0 radical (unpaired) electrons. The molecule has 0 bridgehead atoms. The van der Waals surface area contributed by atoms with E-state index in [2.05, 4.69) is 11.9 Å². The maximum absolute atomic E-state index is 13.5. The van der Waals surface area contributed by atoms with Crippen molar-refractivity contribution in [1.29, 1.82) is 0 Å². The number of Topliss-reactive ketones (excluding diaryl/α,β-unsaturated/α-hetero) is 1. The maximum Gasteiger partial charge on any atom is 0.350 e. The zero-order chi connectivity index (χ0) is 29.7. The van der Waals surface area contributed by atoms with Crippen LogP contribution in [0, 0.1) is 6.92 Å². The first-order valence-electron chi connectivity index (χ1n) is 13.1. The van der Waals surface area contributed by atoms with Gasteiger partial charge in [0.05, 0.1) is 43.2 Å². The number of ketones is 1. The number of ether oxygens (including phenoxy) is 3. The van der Waals surface area contributed by atoms with E-state index >= 15 is 0 Å². The molecule has 1 saturated heterocycles. The van der Waals surface area contributed by atoms with Gasteiger partial charge in [0.25, 0.3) is 5.78 Å². The number of hydrogen-bond donors (Lipinski definition) is 1. The first-order chi connectivity index (χ1) is 19.7. The number of benzene rings is 2. The zero-order valence-electron chi connectivity index (χ0n) is 23.1. The second kappa shape index (κ2) is 12.8. The van der Waals surface area contributed by atoms with Crippen LogP contribution in [-0.2, 0) is 19.1 Å². The summed E-state index contributed by atoms with van der Waals surface area (Å²) in [4.78, 5) is 57.1. The Labute approximate surface area is 241 Å². The molecule has 1 amide bonds. The van der Waals surface area contributed by atoms with E-state index in [1.54, 1.807) is 50.2 Å². The fraction of sp³-hybridized carbons (Fsp3) is 0.300. The largest absolute Gasteiger partial charge is 0.507 e. The van der Waals surface area contributed by atoms with Gasteiger partial charge in [0.15, 0.2) is 5.13 Å². The number of anilines is 1. The third kappa shape index (κ3) is 5.99. The fourth-order valence-corrected chi connectivity index (χ4v) is 5.32. The molecule has 1 aromatic heterocycles. The smallest absolute Gasteiger partial charge is 0.350 e. The van der Waals surface area contributed by atoms with Crippen molar-refractivity contribution in [2.75, 3.05) is 25.2 Å². The van der Waals surface area contributed by atoms with E-state index in [4.69, 9.17) is 14.2 Å². The molecular weight excluding hydrogens is 548 g/mol. The highest BCUT2D eigenvalue weighted by molar-refractivity contribution is 7.17. The predicted molar refractivity (Wildman–Crippen MR) is 152 cm³/mol. The Morgan fingerprint density at radius 1 is 1.00 bits per heavy atom. The number of methoxy groups -OCH3 is 1. The Bertz CT molecular complexity index is 1490. The predicted octanol–water partition coefficient (Wildman–Crippen LogP) is 5.22. The van der Waals surface area contributed by atoms with Gasteiger partial charge in [0.1, 0.15) is 16.4 Å². The third-order valence-electron chi connectivity index (χ3n) is 6.44.